The van der Waals surface area contributed by atoms with Crippen LogP contribution in [0.15, 0.2) is 12.4 Å². The van der Waals surface area contributed by atoms with E-state index in [2.05, 4.69) is 4.98 Å². The largest absolute Gasteiger partial charge is 0.436 e. The van der Waals surface area contributed by atoms with Gasteiger partial charge in [-0.25, -0.2) is 0 Å². The standard InChI is InChI=1S/C8H11N3O6/c12-3-4-5(13)6(14)7(17-4)10-2-1-9-8(10)11(15)16/h1-2,4-7,12-14H,3H2/t4-,5-,6+,7-/m1/s1. The number of imidazole rings is 1. The van der Waals surface area contributed by atoms with E-state index in [1.807, 2.05) is 0 Å². The summed E-state index contributed by atoms with van der Waals surface area (Å²) in [6.45, 7) is -0.489. The van der Waals surface area contributed by atoms with Gasteiger partial charge in [-0.15, -0.1) is 0 Å². The zero-order valence-corrected chi connectivity index (χ0v) is 8.58. The molecule has 1 fully saturated rings. The first-order valence-electron chi connectivity index (χ1n) is 4.86. The van der Waals surface area contributed by atoms with E-state index in [1.54, 1.807) is 0 Å². The summed E-state index contributed by atoms with van der Waals surface area (Å²) in [4.78, 5) is 13.4. The SMILES string of the molecule is O=[N+]([O-])c1nccn1[C@@H]1O[C@H](CO)[C@@H](O)[C@@H]1O. The quantitative estimate of drug-likeness (QED) is 0.431. The molecular weight excluding hydrogens is 234 g/mol. The third-order valence-corrected chi connectivity index (χ3v) is 2.60. The van der Waals surface area contributed by atoms with Crippen LogP contribution in [0.2, 0.25) is 0 Å². The fourth-order valence-corrected chi connectivity index (χ4v) is 1.76. The Labute approximate surface area is 95.0 Å². The number of rotatable bonds is 3. The Bertz CT molecular complexity index is 421. The minimum absolute atomic E-state index is 0.489. The first-order valence-corrected chi connectivity index (χ1v) is 4.86. The highest BCUT2D eigenvalue weighted by Gasteiger charge is 2.46. The lowest BCUT2D eigenvalue weighted by Gasteiger charge is -2.13. The number of hydrogen-bond donors (Lipinski definition) is 3. The molecule has 1 saturated heterocycles. The molecule has 1 aromatic rings. The van der Waals surface area contributed by atoms with Crippen LogP contribution in [0.25, 0.3) is 0 Å². The molecule has 0 unspecified atom stereocenters. The Hall–Kier alpha value is -1.55. The first kappa shape index (κ1) is 11.9. The van der Waals surface area contributed by atoms with Crippen LogP contribution in [-0.2, 0) is 4.74 Å². The lowest BCUT2D eigenvalue weighted by atomic mass is 10.1. The average Bonchev–Trinajstić information content (AvgIpc) is 2.86. The molecule has 0 aliphatic carbocycles. The van der Waals surface area contributed by atoms with Crippen molar-refractivity contribution < 1.29 is 25.0 Å². The van der Waals surface area contributed by atoms with Crippen molar-refractivity contribution in [2.45, 2.75) is 24.5 Å². The highest BCUT2D eigenvalue weighted by molar-refractivity contribution is 5.09. The Kier molecular flexibility index (Phi) is 3.07. The maximum absolute atomic E-state index is 10.7. The van der Waals surface area contributed by atoms with Crippen LogP contribution in [0, 0.1) is 10.1 Å². The predicted octanol–water partition coefficient (Wildman–Crippen LogP) is -1.60. The van der Waals surface area contributed by atoms with Gasteiger partial charge in [-0.3, -0.25) is 0 Å². The number of ether oxygens (including phenoxy) is 1. The maximum atomic E-state index is 10.7. The van der Waals surface area contributed by atoms with Gasteiger partial charge in [0.2, 0.25) is 6.23 Å². The topological polar surface area (TPSA) is 131 Å². The Morgan fingerprint density at radius 1 is 1.53 bits per heavy atom. The number of hydrogen-bond acceptors (Lipinski definition) is 7. The second-order valence-corrected chi connectivity index (χ2v) is 3.62. The Morgan fingerprint density at radius 2 is 2.24 bits per heavy atom. The Balaban J connectivity index is 2.29. The Morgan fingerprint density at radius 3 is 2.76 bits per heavy atom. The van der Waals surface area contributed by atoms with Crippen molar-refractivity contribution in [3.63, 3.8) is 0 Å². The minimum atomic E-state index is -1.36. The summed E-state index contributed by atoms with van der Waals surface area (Å²) in [7, 11) is 0. The molecular formula is C8H11N3O6. The van der Waals surface area contributed by atoms with E-state index in [1.165, 1.54) is 12.4 Å². The van der Waals surface area contributed by atoms with Gasteiger partial charge >= 0.3 is 5.95 Å². The average molecular weight is 245 g/mol. The van der Waals surface area contributed by atoms with Crippen LogP contribution in [0.5, 0.6) is 0 Å². The van der Waals surface area contributed by atoms with Crippen molar-refractivity contribution >= 4 is 5.95 Å². The van der Waals surface area contributed by atoms with Crippen LogP contribution >= 0.6 is 0 Å². The molecule has 2 heterocycles. The molecule has 0 radical (unpaired) electrons. The molecule has 2 rings (SSSR count). The molecule has 4 atom stereocenters. The minimum Gasteiger partial charge on any atom is -0.394 e. The summed E-state index contributed by atoms with van der Waals surface area (Å²) in [5, 5.41) is 38.7. The van der Waals surface area contributed by atoms with Gasteiger partial charge in [0.1, 0.15) is 30.7 Å². The van der Waals surface area contributed by atoms with Gasteiger partial charge in [-0.05, 0) is 4.92 Å². The van der Waals surface area contributed by atoms with Gasteiger partial charge in [-0.1, -0.05) is 4.98 Å². The van der Waals surface area contributed by atoms with E-state index in [-0.39, 0.29) is 0 Å². The molecule has 3 N–H and O–H groups in total. The van der Waals surface area contributed by atoms with Gasteiger partial charge < -0.3 is 30.2 Å². The van der Waals surface area contributed by atoms with E-state index in [0.717, 1.165) is 4.57 Å². The van der Waals surface area contributed by atoms with Gasteiger partial charge in [0, 0.05) is 0 Å². The van der Waals surface area contributed by atoms with Gasteiger partial charge in [-0.2, -0.15) is 4.57 Å². The molecule has 9 heteroatoms. The molecule has 1 aliphatic heterocycles. The van der Waals surface area contributed by atoms with Crippen molar-refractivity contribution in [2.75, 3.05) is 6.61 Å². The molecule has 0 spiro atoms. The van der Waals surface area contributed by atoms with Crippen molar-refractivity contribution in [1.29, 1.82) is 0 Å². The predicted molar refractivity (Wildman–Crippen MR) is 51.9 cm³/mol. The lowest BCUT2D eigenvalue weighted by Crippen LogP contribution is -2.33. The first-order chi connectivity index (χ1) is 8.06. The summed E-state index contributed by atoms with van der Waals surface area (Å²) in [5.74, 6) is -0.500. The van der Waals surface area contributed by atoms with Crippen LogP contribution in [0.1, 0.15) is 6.23 Å². The number of nitrogens with zero attached hydrogens (tertiary/aromatic N) is 3. The fraction of sp³-hybridized carbons (Fsp3) is 0.625. The van der Waals surface area contributed by atoms with E-state index in [0.29, 0.717) is 0 Å². The van der Waals surface area contributed by atoms with Crippen LogP contribution in [-0.4, -0.2) is 54.7 Å². The normalized spacial score (nSPS) is 32.9. The molecule has 9 nitrogen and oxygen atoms in total. The van der Waals surface area contributed by atoms with E-state index in [4.69, 9.17) is 9.84 Å². The van der Waals surface area contributed by atoms with Crippen LogP contribution in [0.4, 0.5) is 5.95 Å². The zero-order chi connectivity index (χ0) is 12.6. The smallest absolute Gasteiger partial charge is 0.394 e. The van der Waals surface area contributed by atoms with Crippen molar-refractivity contribution in [1.82, 2.24) is 9.55 Å². The van der Waals surface area contributed by atoms with E-state index < -0.39 is 42.0 Å². The number of nitro groups is 1. The van der Waals surface area contributed by atoms with Gasteiger partial charge in [0.05, 0.1) is 6.61 Å². The fourth-order valence-electron chi connectivity index (χ4n) is 1.76. The van der Waals surface area contributed by atoms with Gasteiger partial charge in [0.15, 0.2) is 0 Å². The van der Waals surface area contributed by atoms with E-state index in [9.17, 15) is 20.3 Å². The highest BCUT2D eigenvalue weighted by Crippen LogP contribution is 2.31. The number of aliphatic hydroxyl groups excluding tert-OH is 3. The number of aromatic nitrogens is 2. The summed E-state index contributed by atoms with van der Waals surface area (Å²) in [5.41, 5.74) is 0. The zero-order valence-electron chi connectivity index (χ0n) is 8.58. The molecule has 1 aliphatic rings. The van der Waals surface area contributed by atoms with Crippen molar-refractivity contribution in [2.24, 2.45) is 0 Å². The van der Waals surface area contributed by atoms with Crippen LogP contribution < -0.4 is 0 Å². The number of aliphatic hydroxyl groups is 3. The van der Waals surface area contributed by atoms with Crippen molar-refractivity contribution in [3.05, 3.63) is 22.5 Å². The third kappa shape index (κ3) is 1.89. The summed E-state index contributed by atoms with van der Waals surface area (Å²) < 4.78 is 6.14. The summed E-state index contributed by atoms with van der Waals surface area (Å²) in [6, 6.07) is 0. The van der Waals surface area contributed by atoms with Gasteiger partial charge in [0.25, 0.3) is 0 Å². The molecule has 0 aromatic carbocycles. The van der Waals surface area contributed by atoms with Crippen LogP contribution in [0.3, 0.4) is 0 Å². The molecule has 0 saturated carbocycles. The second-order valence-electron chi connectivity index (χ2n) is 3.62. The molecule has 0 amide bonds. The lowest BCUT2D eigenvalue weighted by molar-refractivity contribution is -0.398. The monoisotopic (exact) mass is 245 g/mol. The molecule has 94 valence electrons. The third-order valence-electron chi connectivity index (χ3n) is 2.60. The van der Waals surface area contributed by atoms with E-state index >= 15 is 0 Å². The second kappa shape index (κ2) is 4.37. The highest BCUT2D eigenvalue weighted by atomic mass is 16.6. The molecule has 0 bridgehead atoms. The van der Waals surface area contributed by atoms with Crippen molar-refractivity contribution in [3.8, 4) is 0 Å². The molecule has 17 heavy (non-hydrogen) atoms. The summed E-state index contributed by atoms with van der Waals surface area (Å²) in [6.07, 6.45) is -2.32. The molecule has 1 aromatic heterocycles. The summed E-state index contributed by atoms with van der Waals surface area (Å²) >= 11 is 0. The maximum Gasteiger partial charge on any atom is 0.436 e.